The van der Waals surface area contributed by atoms with Crippen molar-refractivity contribution < 1.29 is 23.0 Å². The number of hydrogen-bond acceptors (Lipinski definition) is 3. The number of nitrogens with one attached hydrogen (secondary N) is 3. The Morgan fingerprint density at radius 3 is 2.42 bits per heavy atom. The number of amides is 1. The summed E-state index contributed by atoms with van der Waals surface area (Å²) in [6, 6.07) is 7.47. The molecule has 1 aromatic carbocycles. The Hall–Kier alpha value is -1.44. The van der Waals surface area contributed by atoms with Crippen molar-refractivity contribution in [3.8, 4) is 0 Å². The van der Waals surface area contributed by atoms with Crippen LogP contribution in [0.15, 0.2) is 24.3 Å². The summed E-state index contributed by atoms with van der Waals surface area (Å²) in [5.74, 6) is -0.274. The molecule has 0 saturated carbocycles. The highest BCUT2D eigenvalue weighted by atomic mass is 32.2. The number of hydrogen-bond donors (Lipinski definition) is 3. The summed E-state index contributed by atoms with van der Waals surface area (Å²) in [6.07, 6.45) is 0.981. The van der Waals surface area contributed by atoms with Crippen LogP contribution in [0.25, 0.3) is 0 Å². The van der Waals surface area contributed by atoms with Crippen LogP contribution in [0.3, 0.4) is 0 Å². The topological polar surface area (TPSA) is 72.1 Å². The van der Waals surface area contributed by atoms with Crippen LogP contribution in [0.4, 0.5) is 0 Å². The first-order chi connectivity index (χ1) is 12.3. The lowest BCUT2D eigenvalue weighted by Gasteiger charge is -2.27. The van der Waals surface area contributed by atoms with Crippen LogP contribution in [0.5, 0.6) is 0 Å². The maximum absolute atomic E-state index is 12.2. The molecule has 26 heavy (non-hydrogen) atoms. The molecule has 2 rings (SSSR count). The highest BCUT2D eigenvalue weighted by Gasteiger charge is 2.19. The first-order valence-corrected chi connectivity index (χ1v) is 11.3. The SMILES string of the molecule is Cc1ccc(CS(=O)(=O)CCC(=O)NCCC[NH+]2CC[NH+](C)CC2)cc1. The smallest absolute Gasteiger partial charge is 0.221 e. The Morgan fingerprint density at radius 2 is 1.77 bits per heavy atom. The molecule has 0 atom stereocenters. The number of carbonyl (C=O) groups excluding carboxylic acids is 1. The van der Waals surface area contributed by atoms with E-state index in [0.717, 1.165) is 24.1 Å². The molecule has 1 aliphatic heterocycles. The molecular formula is C19H33N3O3S+2. The minimum atomic E-state index is -3.26. The van der Waals surface area contributed by atoms with E-state index in [0.29, 0.717) is 6.54 Å². The van der Waals surface area contributed by atoms with Crippen molar-refractivity contribution in [2.24, 2.45) is 0 Å². The number of rotatable bonds is 9. The summed E-state index contributed by atoms with van der Waals surface area (Å²) in [7, 11) is -1.04. The van der Waals surface area contributed by atoms with E-state index in [-0.39, 0.29) is 23.8 Å². The minimum absolute atomic E-state index is 0.00465. The monoisotopic (exact) mass is 383 g/mol. The van der Waals surface area contributed by atoms with E-state index in [1.807, 2.05) is 31.2 Å². The Labute approximate surface area is 157 Å². The molecule has 0 aliphatic carbocycles. The Balaban J connectivity index is 1.60. The van der Waals surface area contributed by atoms with E-state index in [4.69, 9.17) is 0 Å². The summed E-state index contributed by atoms with van der Waals surface area (Å²) < 4.78 is 24.3. The summed E-state index contributed by atoms with van der Waals surface area (Å²) in [6.45, 7) is 8.46. The van der Waals surface area contributed by atoms with Gasteiger partial charge >= 0.3 is 0 Å². The Morgan fingerprint density at radius 1 is 1.12 bits per heavy atom. The Bertz CT molecular complexity index is 666. The van der Waals surface area contributed by atoms with Gasteiger partial charge in [-0.05, 0) is 12.5 Å². The average molecular weight is 384 g/mol. The number of likely N-dealkylation sites (N-methyl/N-ethyl adjacent to an activating group) is 1. The number of aryl methyl sites for hydroxylation is 1. The molecule has 0 aromatic heterocycles. The van der Waals surface area contributed by atoms with E-state index < -0.39 is 9.84 Å². The molecule has 0 unspecified atom stereocenters. The number of benzene rings is 1. The van der Waals surface area contributed by atoms with Crippen LogP contribution in [0.1, 0.15) is 24.0 Å². The lowest BCUT2D eigenvalue weighted by Crippen LogP contribution is -3.27. The van der Waals surface area contributed by atoms with Crippen molar-refractivity contribution in [1.82, 2.24) is 5.32 Å². The third kappa shape index (κ3) is 7.85. The van der Waals surface area contributed by atoms with Gasteiger partial charge in [0.05, 0.1) is 25.1 Å². The fraction of sp³-hybridized carbons (Fsp3) is 0.632. The van der Waals surface area contributed by atoms with Gasteiger partial charge in [-0.2, -0.15) is 0 Å². The van der Waals surface area contributed by atoms with Crippen LogP contribution < -0.4 is 15.1 Å². The third-order valence-corrected chi connectivity index (χ3v) is 6.59. The maximum atomic E-state index is 12.2. The largest absolute Gasteiger partial charge is 0.356 e. The first kappa shape index (κ1) is 20.9. The van der Waals surface area contributed by atoms with Crippen molar-refractivity contribution in [2.75, 3.05) is 52.1 Å². The van der Waals surface area contributed by atoms with Gasteiger partial charge in [0.15, 0.2) is 9.84 Å². The van der Waals surface area contributed by atoms with E-state index >= 15 is 0 Å². The summed E-state index contributed by atoms with van der Waals surface area (Å²) in [5, 5.41) is 2.85. The molecule has 1 amide bonds. The number of carbonyl (C=O) groups is 1. The second-order valence-corrected chi connectivity index (χ2v) is 9.67. The average Bonchev–Trinajstić information content (AvgIpc) is 2.60. The van der Waals surface area contributed by atoms with Crippen molar-refractivity contribution in [3.05, 3.63) is 35.4 Å². The van der Waals surface area contributed by atoms with Gasteiger partial charge in [0.1, 0.15) is 26.2 Å². The van der Waals surface area contributed by atoms with Crippen LogP contribution >= 0.6 is 0 Å². The van der Waals surface area contributed by atoms with Crippen LogP contribution in [0.2, 0.25) is 0 Å². The summed E-state index contributed by atoms with van der Waals surface area (Å²) >= 11 is 0. The van der Waals surface area contributed by atoms with Crippen molar-refractivity contribution in [1.29, 1.82) is 0 Å². The second kappa shape index (κ2) is 10.0. The number of sulfone groups is 1. The zero-order valence-electron chi connectivity index (χ0n) is 16.0. The summed E-state index contributed by atoms with van der Waals surface area (Å²) in [4.78, 5) is 15.1. The van der Waals surface area contributed by atoms with E-state index in [1.165, 1.54) is 26.2 Å². The van der Waals surface area contributed by atoms with Gasteiger partial charge in [-0.1, -0.05) is 29.8 Å². The van der Waals surface area contributed by atoms with Gasteiger partial charge in [-0.25, -0.2) is 8.42 Å². The van der Waals surface area contributed by atoms with Gasteiger partial charge in [0.2, 0.25) is 5.91 Å². The highest BCUT2D eigenvalue weighted by Crippen LogP contribution is 2.09. The quantitative estimate of drug-likeness (QED) is 0.442. The fourth-order valence-electron chi connectivity index (χ4n) is 3.19. The molecule has 3 N–H and O–H groups in total. The predicted octanol–water partition coefficient (Wildman–Crippen LogP) is -1.78. The molecule has 1 saturated heterocycles. The normalized spacial score (nSPS) is 20.7. The van der Waals surface area contributed by atoms with E-state index in [1.54, 1.807) is 9.80 Å². The standard InChI is InChI=1S/C19H31N3O3S/c1-17-4-6-18(7-5-17)16-26(24,25)15-8-19(23)20-9-3-10-22-13-11-21(2)12-14-22/h4-7H,3,8-16H2,1-2H3,(H,20,23)/p+2. The number of piperazine rings is 1. The molecule has 0 radical (unpaired) electrons. The van der Waals surface area contributed by atoms with Crippen molar-refractivity contribution in [3.63, 3.8) is 0 Å². The van der Waals surface area contributed by atoms with E-state index in [2.05, 4.69) is 12.4 Å². The Kier molecular flexibility index (Phi) is 8.06. The molecule has 7 heteroatoms. The van der Waals surface area contributed by atoms with Gasteiger partial charge < -0.3 is 15.1 Å². The van der Waals surface area contributed by atoms with E-state index in [9.17, 15) is 13.2 Å². The molecule has 6 nitrogen and oxygen atoms in total. The number of quaternary nitrogens is 2. The summed E-state index contributed by atoms with van der Waals surface area (Å²) in [5.41, 5.74) is 1.87. The molecule has 146 valence electrons. The lowest BCUT2D eigenvalue weighted by atomic mass is 10.2. The van der Waals surface area contributed by atoms with Crippen LogP contribution in [-0.4, -0.2) is 66.4 Å². The molecule has 0 bridgehead atoms. The van der Waals surface area contributed by atoms with Crippen molar-refractivity contribution >= 4 is 15.7 Å². The van der Waals surface area contributed by atoms with Crippen molar-refractivity contribution in [2.45, 2.75) is 25.5 Å². The zero-order chi connectivity index (χ0) is 19.0. The predicted molar refractivity (Wildman–Crippen MR) is 103 cm³/mol. The molecule has 1 aliphatic rings. The second-order valence-electron chi connectivity index (χ2n) is 7.49. The zero-order valence-corrected chi connectivity index (χ0v) is 16.8. The van der Waals surface area contributed by atoms with Gasteiger partial charge in [-0.15, -0.1) is 0 Å². The molecular weight excluding hydrogens is 350 g/mol. The molecule has 1 aromatic rings. The van der Waals surface area contributed by atoms with Gasteiger partial charge in [-0.3, -0.25) is 4.79 Å². The first-order valence-electron chi connectivity index (χ1n) is 9.51. The highest BCUT2D eigenvalue weighted by molar-refractivity contribution is 7.90. The fourth-order valence-corrected chi connectivity index (χ4v) is 4.53. The molecule has 1 heterocycles. The molecule has 1 fully saturated rings. The van der Waals surface area contributed by atoms with Crippen LogP contribution in [-0.2, 0) is 20.4 Å². The van der Waals surface area contributed by atoms with Crippen LogP contribution in [0, 0.1) is 6.92 Å². The molecule has 0 spiro atoms. The lowest BCUT2D eigenvalue weighted by molar-refractivity contribution is -1.00. The maximum Gasteiger partial charge on any atom is 0.221 e. The third-order valence-electron chi connectivity index (χ3n) is 4.99. The van der Waals surface area contributed by atoms with Gasteiger partial charge in [0.25, 0.3) is 0 Å². The van der Waals surface area contributed by atoms with Gasteiger partial charge in [0, 0.05) is 19.4 Å². The minimum Gasteiger partial charge on any atom is -0.356 e.